The minimum Gasteiger partial charge on any atom is -0.496 e. The number of nitro groups is 1. The number of nitrogens with zero attached hydrogens (tertiary/aromatic N) is 5. The summed E-state index contributed by atoms with van der Waals surface area (Å²) in [4.78, 5) is 10.4. The van der Waals surface area contributed by atoms with Crippen LogP contribution in [0, 0.1) is 10.1 Å². The highest BCUT2D eigenvalue weighted by atomic mass is 19.4. The van der Waals surface area contributed by atoms with Gasteiger partial charge in [0.15, 0.2) is 5.65 Å². The summed E-state index contributed by atoms with van der Waals surface area (Å²) >= 11 is 0. The molecule has 0 saturated carbocycles. The number of halogens is 3. The fourth-order valence-electron chi connectivity index (χ4n) is 1.97. The van der Waals surface area contributed by atoms with Gasteiger partial charge in [0.05, 0.1) is 18.1 Å². The second kappa shape index (κ2) is 5.89. The third-order valence-electron chi connectivity index (χ3n) is 3.07. The zero-order valence-corrected chi connectivity index (χ0v) is 12.4. The summed E-state index contributed by atoms with van der Waals surface area (Å²) in [7, 11) is 1.33. The topological polar surface area (TPSA) is 105 Å². The number of alkyl halides is 3. The van der Waals surface area contributed by atoms with Gasteiger partial charge in [0.25, 0.3) is 5.82 Å². The first-order valence-electron chi connectivity index (χ1n) is 6.59. The van der Waals surface area contributed by atoms with Crippen molar-refractivity contribution in [2.45, 2.75) is 6.18 Å². The van der Waals surface area contributed by atoms with Crippen molar-refractivity contribution in [3.63, 3.8) is 0 Å². The van der Waals surface area contributed by atoms with Crippen LogP contribution in [0.4, 0.5) is 18.9 Å². The van der Waals surface area contributed by atoms with Crippen molar-refractivity contribution in [1.82, 2.24) is 19.8 Å². The van der Waals surface area contributed by atoms with Crippen LogP contribution >= 0.6 is 0 Å². The fraction of sp³-hybridized carbons (Fsp3) is 0.154. The number of benzene rings is 1. The van der Waals surface area contributed by atoms with E-state index in [2.05, 4.69) is 15.3 Å². The minimum absolute atomic E-state index is 0.149. The van der Waals surface area contributed by atoms with E-state index in [4.69, 9.17) is 9.47 Å². The molecule has 3 aromatic rings. The molecule has 0 saturated heterocycles. The number of hydrogen-bond donors (Lipinski definition) is 0. The molecular formula is C13H8F3N5O4. The zero-order valence-electron chi connectivity index (χ0n) is 12.4. The van der Waals surface area contributed by atoms with Gasteiger partial charge < -0.3 is 9.47 Å². The Morgan fingerprint density at radius 2 is 1.96 bits per heavy atom. The van der Waals surface area contributed by atoms with Crippen LogP contribution in [-0.2, 0) is 6.18 Å². The molecule has 2 aromatic heterocycles. The Hall–Kier alpha value is -3.44. The average molecular weight is 355 g/mol. The molecule has 1 aromatic carbocycles. The number of fused-ring (bicyclic) bond motifs is 1. The van der Waals surface area contributed by atoms with Crippen LogP contribution in [0.1, 0.15) is 5.82 Å². The highest BCUT2D eigenvalue weighted by molar-refractivity contribution is 5.52. The monoisotopic (exact) mass is 355 g/mol. The second-order valence-corrected chi connectivity index (χ2v) is 4.66. The summed E-state index contributed by atoms with van der Waals surface area (Å²) in [5.74, 6) is -1.62. The molecule has 2 heterocycles. The number of rotatable bonds is 4. The van der Waals surface area contributed by atoms with E-state index in [-0.39, 0.29) is 23.0 Å². The fourth-order valence-corrected chi connectivity index (χ4v) is 1.97. The Balaban J connectivity index is 2.02. The number of aromatic nitrogens is 4. The Kier molecular flexibility index (Phi) is 3.87. The summed E-state index contributed by atoms with van der Waals surface area (Å²) in [6.07, 6.45) is -4.77. The normalized spacial score (nSPS) is 11.5. The van der Waals surface area contributed by atoms with E-state index in [1.807, 2.05) is 0 Å². The lowest BCUT2D eigenvalue weighted by molar-refractivity contribution is -0.385. The van der Waals surface area contributed by atoms with Gasteiger partial charge in [-0.3, -0.25) is 10.1 Å². The van der Waals surface area contributed by atoms with Crippen molar-refractivity contribution in [2.75, 3.05) is 7.11 Å². The van der Waals surface area contributed by atoms with Crippen LogP contribution in [0.15, 0.2) is 30.3 Å². The third kappa shape index (κ3) is 3.13. The van der Waals surface area contributed by atoms with Crippen LogP contribution in [-0.4, -0.2) is 31.8 Å². The van der Waals surface area contributed by atoms with Gasteiger partial charge in [-0.15, -0.1) is 15.3 Å². The predicted molar refractivity (Wildman–Crippen MR) is 75.5 cm³/mol. The number of nitro benzene ring substituents is 1. The molecule has 0 amide bonds. The third-order valence-corrected chi connectivity index (χ3v) is 3.07. The molecule has 0 bridgehead atoms. The lowest BCUT2D eigenvalue weighted by Crippen LogP contribution is -2.12. The molecule has 25 heavy (non-hydrogen) atoms. The molecule has 0 aliphatic heterocycles. The molecule has 0 N–H and O–H groups in total. The number of methoxy groups -OCH3 is 1. The Bertz CT molecular complexity index is 956. The van der Waals surface area contributed by atoms with Crippen LogP contribution in [0.3, 0.4) is 0 Å². The molecule has 0 aliphatic rings. The van der Waals surface area contributed by atoms with E-state index in [1.165, 1.54) is 31.4 Å². The van der Waals surface area contributed by atoms with Crippen molar-refractivity contribution >= 4 is 11.3 Å². The van der Waals surface area contributed by atoms with E-state index < -0.39 is 22.6 Å². The van der Waals surface area contributed by atoms with Crippen LogP contribution in [0.25, 0.3) is 5.65 Å². The molecule has 12 heteroatoms. The first-order chi connectivity index (χ1) is 11.8. The SMILES string of the molecule is COc1ccc(Oc2ccc3nnc(C(F)(F)F)n3n2)c([N+](=O)[O-])c1. The molecule has 0 fully saturated rings. The number of ether oxygens (including phenoxy) is 2. The Morgan fingerprint density at radius 3 is 2.60 bits per heavy atom. The summed E-state index contributed by atoms with van der Waals surface area (Å²) in [6.45, 7) is 0. The highest BCUT2D eigenvalue weighted by Crippen LogP contribution is 2.34. The molecule has 0 spiro atoms. The lowest BCUT2D eigenvalue weighted by atomic mass is 10.3. The Morgan fingerprint density at radius 1 is 1.20 bits per heavy atom. The maximum atomic E-state index is 12.9. The van der Waals surface area contributed by atoms with Crippen LogP contribution in [0.5, 0.6) is 17.4 Å². The number of hydrogen-bond acceptors (Lipinski definition) is 7. The van der Waals surface area contributed by atoms with Crippen LogP contribution in [0.2, 0.25) is 0 Å². The molecule has 9 nitrogen and oxygen atoms in total. The van der Waals surface area contributed by atoms with Gasteiger partial charge in [-0.05, 0) is 18.2 Å². The van der Waals surface area contributed by atoms with Gasteiger partial charge in [-0.25, -0.2) is 0 Å². The second-order valence-electron chi connectivity index (χ2n) is 4.66. The first kappa shape index (κ1) is 16.4. The van der Waals surface area contributed by atoms with Gasteiger partial charge in [0.2, 0.25) is 11.6 Å². The summed E-state index contributed by atoms with van der Waals surface area (Å²) < 4.78 is 49.2. The van der Waals surface area contributed by atoms with Gasteiger partial charge in [-0.2, -0.15) is 17.7 Å². The van der Waals surface area contributed by atoms with E-state index >= 15 is 0 Å². The maximum absolute atomic E-state index is 12.9. The summed E-state index contributed by atoms with van der Waals surface area (Å²) in [5.41, 5.74) is -0.579. The Labute approximate surface area is 136 Å². The van der Waals surface area contributed by atoms with Gasteiger partial charge in [0, 0.05) is 6.07 Å². The molecule has 0 unspecified atom stereocenters. The summed E-state index contributed by atoms with van der Waals surface area (Å²) in [5, 5.41) is 21.1. The van der Waals surface area contributed by atoms with Gasteiger partial charge in [-0.1, -0.05) is 0 Å². The van der Waals surface area contributed by atoms with E-state index in [9.17, 15) is 23.3 Å². The average Bonchev–Trinajstić information content (AvgIpc) is 2.98. The van der Waals surface area contributed by atoms with E-state index in [0.717, 1.165) is 6.07 Å². The standard InChI is InChI=1S/C13H8F3N5O4/c1-24-7-2-3-9(8(6-7)21(22)23)25-11-5-4-10-17-18-12(13(14,15)16)20(10)19-11/h2-6H,1H3. The van der Waals surface area contributed by atoms with Crippen molar-refractivity contribution < 1.29 is 27.6 Å². The van der Waals surface area contributed by atoms with Gasteiger partial charge >= 0.3 is 11.9 Å². The molecule has 0 radical (unpaired) electrons. The lowest BCUT2D eigenvalue weighted by Gasteiger charge is -2.08. The minimum atomic E-state index is -4.77. The predicted octanol–water partition coefficient (Wildman–Crippen LogP) is 2.85. The van der Waals surface area contributed by atoms with Crippen molar-refractivity contribution in [3.05, 3.63) is 46.3 Å². The molecule has 0 atom stereocenters. The van der Waals surface area contributed by atoms with E-state index in [1.54, 1.807) is 0 Å². The molecule has 3 rings (SSSR count). The molecular weight excluding hydrogens is 347 g/mol. The smallest absolute Gasteiger partial charge is 0.453 e. The van der Waals surface area contributed by atoms with Crippen molar-refractivity contribution in [1.29, 1.82) is 0 Å². The van der Waals surface area contributed by atoms with E-state index in [0.29, 0.717) is 4.52 Å². The van der Waals surface area contributed by atoms with Crippen LogP contribution < -0.4 is 9.47 Å². The molecule has 0 aliphatic carbocycles. The molecule has 130 valence electrons. The largest absolute Gasteiger partial charge is 0.496 e. The zero-order chi connectivity index (χ0) is 18.2. The van der Waals surface area contributed by atoms with Gasteiger partial charge in [0.1, 0.15) is 5.75 Å². The highest BCUT2D eigenvalue weighted by Gasteiger charge is 2.37. The first-order valence-corrected chi connectivity index (χ1v) is 6.59. The quantitative estimate of drug-likeness (QED) is 0.523. The maximum Gasteiger partial charge on any atom is 0.453 e. The summed E-state index contributed by atoms with van der Waals surface area (Å²) in [6, 6.07) is 6.19. The van der Waals surface area contributed by atoms with Crippen molar-refractivity contribution in [2.24, 2.45) is 0 Å². The van der Waals surface area contributed by atoms with Crippen molar-refractivity contribution in [3.8, 4) is 17.4 Å².